The second-order valence-electron chi connectivity index (χ2n) is 6.97. The Kier molecular flexibility index (Phi) is 3.49. The molecule has 0 spiro atoms. The predicted molar refractivity (Wildman–Crippen MR) is 94.4 cm³/mol. The first kappa shape index (κ1) is 17.0. The quantitative estimate of drug-likeness (QED) is 0.589. The fourth-order valence-corrected chi connectivity index (χ4v) is 4.33. The molecule has 8 nitrogen and oxygen atoms in total. The summed E-state index contributed by atoms with van der Waals surface area (Å²) in [6.07, 6.45) is 0.179. The minimum absolute atomic E-state index is 0.0384. The van der Waals surface area contributed by atoms with Crippen LogP contribution < -0.4 is 0 Å². The number of rotatable bonds is 2. The van der Waals surface area contributed by atoms with Crippen molar-refractivity contribution in [3.8, 4) is 0 Å². The summed E-state index contributed by atoms with van der Waals surface area (Å²) in [6, 6.07) is 6.14. The van der Waals surface area contributed by atoms with Crippen LogP contribution in [0.2, 0.25) is 0 Å². The van der Waals surface area contributed by atoms with Gasteiger partial charge < -0.3 is 0 Å². The Labute approximate surface area is 153 Å². The van der Waals surface area contributed by atoms with E-state index >= 15 is 0 Å². The maximum Gasteiger partial charge on any atom is 0.283 e. The van der Waals surface area contributed by atoms with Crippen LogP contribution in [0.1, 0.15) is 61.2 Å². The van der Waals surface area contributed by atoms with Gasteiger partial charge in [-0.3, -0.25) is 29.8 Å². The molecule has 2 aliphatic rings. The normalized spacial score (nSPS) is 20.1. The maximum absolute atomic E-state index is 13.2. The molecular weight excluding hydrogens is 352 g/mol. The second-order valence-corrected chi connectivity index (χ2v) is 6.97. The number of ketones is 2. The Balaban J connectivity index is 2.05. The van der Waals surface area contributed by atoms with Crippen molar-refractivity contribution in [1.29, 1.82) is 0 Å². The Morgan fingerprint density at radius 3 is 1.48 bits per heavy atom. The van der Waals surface area contributed by atoms with Gasteiger partial charge in [0.2, 0.25) is 0 Å². The minimum atomic E-state index is -0.796. The highest BCUT2D eigenvalue weighted by molar-refractivity contribution is 6.17. The molecule has 2 bridgehead atoms. The van der Waals surface area contributed by atoms with Gasteiger partial charge in [0.05, 0.1) is 9.85 Å². The highest BCUT2D eigenvalue weighted by Gasteiger charge is 2.49. The zero-order valence-corrected chi connectivity index (χ0v) is 14.5. The summed E-state index contributed by atoms with van der Waals surface area (Å²) in [4.78, 5) is 48.2. The molecule has 8 heteroatoms. The lowest BCUT2D eigenvalue weighted by Gasteiger charge is -2.35. The molecule has 27 heavy (non-hydrogen) atoms. The van der Waals surface area contributed by atoms with E-state index < -0.39 is 33.2 Å². The fraction of sp³-hybridized carbons (Fsp3) is 0.263. The molecule has 136 valence electrons. The largest absolute Gasteiger partial charge is 0.293 e. The van der Waals surface area contributed by atoms with Gasteiger partial charge in [-0.15, -0.1) is 0 Å². The standard InChI is InChI=1S/C19H14N2O6/c1-8-3-5-10-12-7-13(18(22)14(10)16(8)20(24)25)11-6-4-9(2)17(21(26)27)15(11)19(12)23/h3-6,12-13H,7H2,1-2H3. The number of nitro groups is 2. The molecule has 2 aromatic rings. The van der Waals surface area contributed by atoms with E-state index in [9.17, 15) is 29.8 Å². The van der Waals surface area contributed by atoms with Crippen LogP contribution in [-0.2, 0) is 0 Å². The van der Waals surface area contributed by atoms with Crippen molar-refractivity contribution in [2.45, 2.75) is 32.1 Å². The van der Waals surface area contributed by atoms with Gasteiger partial charge in [0.25, 0.3) is 11.4 Å². The average molecular weight is 366 g/mol. The summed E-state index contributed by atoms with van der Waals surface area (Å²) < 4.78 is 0. The SMILES string of the molecule is Cc1ccc2c(c1[N+](=O)[O-])C(=O)C1CC2C(=O)c2c1ccc(C)c2[N+](=O)[O-]. The summed E-state index contributed by atoms with van der Waals surface area (Å²) in [6.45, 7) is 3.08. The van der Waals surface area contributed by atoms with E-state index in [0.29, 0.717) is 22.3 Å². The molecule has 2 atom stereocenters. The number of aryl methyl sites for hydroxylation is 2. The highest BCUT2D eigenvalue weighted by atomic mass is 16.6. The lowest BCUT2D eigenvalue weighted by Crippen LogP contribution is -2.35. The van der Waals surface area contributed by atoms with E-state index in [1.165, 1.54) is 12.1 Å². The van der Waals surface area contributed by atoms with Crippen LogP contribution in [0.15, 0.2) is 24.3 Å². The monoisotopic (exact) mass is 366 g/mol. The lowest BCUT2D eigenvalue weighted by atomic mass is 9.64. The van der Waals surface area contributed by atoms with Gasteiger partial charge in [0, 0.05) is 23.0 Å². The number of hydrogen-bond donors (Lipinski definition) is 0. The number of nitro benzene ring substituents is 2. The fourth-order valence-electron chi connectivity index (χ4n) is 4.33. The number of nitrogens with zero attached hydrogens (tertiary/aromatic N) is 2. The van der Waals surface area contributed by atoms with Crippen LogP contribution in [0, 0.1) is 34.1 Å². The molecule has 2 unspecified atom stereocenters. The van der Waals surface area contributed by atoms with Crippen molar-refractivity contribution >= 4 is 22.9 Å². The van der Waals surface area contributed by atoms with Gasteiger partial charge in [-0.2, -0.15) is 0 Å². The molecule has 0 heterocycles. The zero-order chi connectivity index (χ0) is 19.6. The topological polar surface area (TPSA) is 120 Å². The summed E-state index contributed by atoms with van der Waals surface area (Å²) in [5.74, 6) is -2.50. The van der Waals surface area contributed by atoms with Crippen molar-refractivity contribution in [1.82, 2.24) is 0 Å². The van der Waals surface area contributed by atoms with Gasteiger partial charge in [0.15, 0.2) is 11.6 Å². The van der Waals surface area contributed by atoms with Crippen molar-refractivity contribution in [2.75, 3.05) is 0 Å². The van der Waals surface area contributed by atoms with Crippen molar-refractivity contribution in [2.24, 2.45) is 0 Å². The molecule has 2 aromatic carbocycles. The summed E-state index contributed by atoms with van der Waals surface area (Å²) in [5, 5.41) is 23.1. The van der Waals surface area contributed by atoms with E-state index in [4.69, 9.17) is 0 Å². The number of Topliss-reactive ketones (excluding diaryl/α,β-unsaturated/α-hetero) is 2. The third-order valence-corrected chi connectivity index (χ3v) is 5.54. The first-order valence-corrected chi connectivity index (χ1v) is 8.38. The Morgan fingerprint density at radius 2 is 1.15 bits per heavy atom. The Bertz CT molecular complexity index is 1000. The Morgan fingerprint density at radius 1 is 0.778 bits per heavy atom. The molecular formula is C19H14N2O6. The number of fused-ring (bicyclic) bond motifs is 6. The summed E-state index contributed by atoms with van der Waals surface area (Å²) in [5.41, 5.74) is 0.617. The van der Waals surface area contributed by atoms with Crippen molar-refractivity contribution < 1.29 is 19.4 Å². The van der Waals surface area contributed by atoms with Gasteiger partial charge >= 0.3 is 0 Å². The van der Waals surface area contributed by atoms with Crippen LogP contribution in [0.25, 0.3) is 0 Å². The van der Waals surface area contributed by atoms with Crippen molar-refractivity contribution in [3.05, 3.63) is 77.9 Å². The molecule has 0 aliphatic heterocycles. The number of hydrogen-bond acceptors (Lipinski definition) is 6. The summed E-state index contributed by atoms with van der Waals surface area (Å²) >= 11 is 0. The highest BCUT2D eigenvalue weighted by Crippen LogP contribution is 2.51. The zero-order valence-electron chi connectivity index (χ0n) is 14.5. The van der Waals surface area contributed by atoms with Crippen LogP contribution in [0.3, 0.4) is 0 Å². The van der Waals surface area contributed by atoms with E-state index in [0.717, 1.165) is 0 Å². The van der Waals surface area contributed by atoms with Gasteiger partial charge in [-0.05, 0) is 31.4 Å². The Hall–Kier alpha value is -3.42. The number of carbonyl (C=O) groups excluding carboxylic acids is 2. The average Bonchev–Trinajstić information content (AvgIpc) is 2.60. The van der Waals surface area contributed by atoms with Crippen LogP contribution in [0.4, 0.5) is 11.4 Å². The van der Waals surface area contributed by atoms with Crippen molar-refractivity contribution in [3.63, 3.8) is 0 Å². The first-order chi connectivity index (χ1) is 12.7. The van der Waals surface area contributed by atoms with Crippen LogP contribution in [-0.4, -0.2) is 21.4 Å². The maximum atomic E-state index is 13.2. The van der Waals surface area contributed by atoms with E-state index in [1.807, 2.05) is 0 Å². The van der Waals surface area contributed by atoms with E-state index in [-0.39, 0.29) is 28.9 Å². The molecule has 2 aliphatic carbocycles. The van der Waals surface area contributed by atoms with Gasteiger partial charge in [0.1, 0.15) is 11.1 Å². The molecule has 0 fully saturated rings. The molecule has 0 aromatic heterocycles. The van der Waals surface area contributed by atoms with Crippen LogP contribution >= 0.6 is 0 Å². The van der Waals surface area contributed by atoms with E-state index in [2.05, 4.69) is 0 Å². The second kappa shape index (κ2) is 5.54. The number of benzene rings is 2. The minimum Gasteiger partial charge on any atom is -0.293 e. The predicted octanol–water partition coefficient (Wildman–Crippen LogP) is 3.77. The summed E-state index contributed by atoms with van der Waals surface area (Å²) in [7, 11) is 0. The smallest absolute Gasteiger partial charge is 0.283 e. The molecule has 0 saturated carbocycles. The molecule has 4 rings (SSSR count). The molecule has 0 N–H and O–H groups in total. The van der Waals surface area contributed by atoms with Crippen LogP contribution in [0.5, 0.6) is 0 Å². The molecule has 0 radical (unpaired) electrons. The molecule has 0 amide bonds. The number of carbonyl (C=O) groups is 2. The van der Waals surface area contributed by atoms with Gasteiger partial charge in [-0.25, -0.2) is 0 Å². The van der Waals surface area contributed by atoms with E-state index in [1.54, 1.807) is 26.0 Å². The third kappa shape index (κ3) is 2.16. The van der Waals surface area contributed by atoms with Gasteiger partial charge in [-0.1, -0.05) is 24.3 Å². The third-order valence-electron chi connectivity index (χ3n) is 5.54. The first-order valence-electron chi connectivity index (χ1n) is 8.38. The lowest BCUT2D eigenvalue weighted by molar-refractivity contribution is -0.385. The molecule has 0 saturated heterocycles.